The summed E-state index contributed by atoms with van der Waals surface area (Å²) in [4.78, 5) is 2.07. The van der Waals surface area contributed by atoms with Crippen molar-refractivity contribution < 1.29 is 0 Å². The number of hydrogen-bond acceptors (Lipinski definition) is 3. The third kappa shape index (κ3) is 3.56. The molecule has 0 aliphatic carbocycles. The Morgan fingerprint density at radius 3 is 2.20 bits per heavy atom. The minimum absolute atomic E-state index is 0.264. The van der Waals surface area contributed by atoms with Gasteiger partial charge in [0, 0.05) is 0 Å². The Morgan fingerprint density at radius 2 is 1.90 bits per heavy atom. The Balaban J connectivity index is 3.71. The lowest BCUT2D eigenvalue weighted by Crippen LogP contribution is -2.24. The van der Waals surface area contributed by atoms with Crippen molar-refractivity contribution >= 4 is 0 Å². The van der Waals surface area contributed by atoms with Crippen LogP contribution in [-0.2, 0) is 0 Å². The molecule has 0 saturated heterocycles. The summed E-state index contributed by atoms with van der Waals surface area (Å²) in [6.07, 6.45) is 1.29. The van der Waals surface area contributed by atoms with Crippen LogP contribution in [-0.4, -0.2) is 31.7 Å². The molecule has 1 unspecified atom stereocenters. The molecular formula is C7H17N3. The van der Waals surface area contributed by atoms with Crippen LogP contribution >= 0.6 is 0 Å². The summed E-state index contributed by atoms with van der Waals surface area (Å²) in [5.41, 5.74) is 0. The summed E-state index contributed by atoms with van der Waals surface area (Å²) in [5.74, 6) is 0. The maximum absolute atomic E-state index is 4.11. The van der Waals surface area contributed by atoms with Crippen molar-refractivity contribution in [2.75, 3.05) is 20.6 Å². The first-order valence-corrected chi connectivity index (χ1v) is 3.75. The van der Waals surface area contributed by atoms with Gasteiger partial charge < -0.3 is 0 Å². The molecule has 0 aliphatic heterocycles. The van der Waals surface area contributed by atoms with Crippen molar-refractivity contribution in [3.63, 3.8) is 0 Å². The highest BCUT2D eigenvalue weighted by molar-refractivity contribution is 4.56. The van der Waals surface area contributed by atoms with Crippen LogP contribution in [0.15, 0.2) is 10.2 Å². The second-order valence-electron chi connectivity index (χ2n) is 2.43. The van der Waals surface area contributed by atoms with Crippen LogP contribution in [0.25, 0.3) is 0 Å². The molecule has 3 nitrogen and oxygen atoms in total. The van der Waals surface area contributed by atoms with E-state index in [9.17, 15) is 0 Å². The Morgan fingerprint density at radius 1 is 1.30 bits per heavy atom. The number of azo groups is 1. The molecule has 0 radical (unpaired) electrons. The standard InChI is InChI=1S/C7H17N3/c1-5-7(10(3)4)9-8-6-2/h7H,5-6H2,1-4H3. The number of nitrogens with zero attached hydrogens (tertiary/aromatic N) is 3. The summed E-state index contributed by atoms with van der Waals surface area (Å²) < 4.78 is 0. The van der Waals surface area contributed by atoms with Gasteiger partial charge in [0.25, 0.3) is 0 Å². The fourth-order valence-electron chi connectivity index (χ4n) is 0.726. The predicted octanol–water partition coefficient (Wildman–Crippen LogP) is 1.76. The van der Waals surface area contributed by atoms with Crippen molar-refractivity contribution in [1.29, 1.82) is 0 Å². The molecule has 0 amide bonds. The van der Waals surface area contributed by atoms with E-state index in [0.29, 0.717) is 0 Å². The lowest BCUT2D eigenvalue weighted by Gasteiger charge is -2.16. The summed E-state index contributed by atoms with van der Waals surface area (Å²) in [6.45, 7) is 4.88. The second kappa shape index (κ2) is 5.35. The quantitative estimate of drug-likeness (QED) is 0.551. The minimum atomic E-state index is 0.264. The van der Waals surface area contributed by atoms with Gasteiger partial charge in [0.2, 0.25) is 0 Å². The van der Waals surface area contributed by atoms with E-state index in [2.05, 4.69) is 22.1 Å². The summed E-state index contributed by atoms with van der Waals surface area (Å²) in [6, 6.07) is 0. The van der Waals surface area contributed by atoms with Crippen LogP contribution in [0.3, 0.4) is 0 Å². The third-order valence-electron chi connectivity index (χ3n) is 1.32. The highest BCUT2D eigenvalue weighted by atomic mass is 15.3. The molecule has 0 fully saturated rings. The third-order valence-corrected chi connectivity index (χ3v) is 1.32. The van der Waals surface area contributed by atoms with E-state index in [-0.39, 0.29) is 6.17 Å². The second-order valence-corrected chi connectivity index (χ2v) is 2.43. The van der Waals surface area contributed by atoms with Gasteiger partial charge in [-0.25, -0.2) is 0 Å². The normalized spacial score (nSPS) is 14.9. The van der Waals surface area contributed by atoms with E-state index < -0.39 is 0 Å². The van der Waals surface area contributed by atoms with Gasteiger partial charge >= 0.3 is 0 Å². The number of rotatable bonds is 4. The van der Waals surface area contributed by atoms with Gasteiger partial charge in [0.1, 0.15) is 6.17 Å². The SMILES string of the molecule is CCN=NC(CC)N(C)C. The molecule has 0 spiro atoms. The molecule has 0 aromatic carbocycles. The van der Waals surface area contributed by atoms with Gasteiger partial charge in [-0.05, 0) is 27.4 Å². The molecule has 1 atom stereocenters. The van der Waals surface area contributed by atoms with Gasteiger partial charge in [-0.3, -0.25) is 4.90 Å². The van der Waals surface area contributed by atoms with Gasteiger partial charge in [-0.1, -0.05) is 6.92 Å². The molecular weight excluding hydrogens is 126 g/mol. The Bertz CT molecular complexity index is 99.0. The molecule has 0 aromatic rings. The minimum Gasteiger partial charge on any atom is -0.287 e. The van der Waals surface area contributed by atoms with Crippen molar-refractivity contribution in [2.24, 2.45) is 10.2 Å². The summed E-state index contributed by atoms with van der Waals surface area (Å²) in [7, 11) is 4.03. The first-order valence-electron chi connectivity index (χ1n) is 3.75. The molecule has 0 aliphatic rings. The monoisotopic (exact) mass is 143 g/mol. The van der Waals surface area contributed by atoms with Gasteiger partial charge in [-0.15, -0.1) is 0 Å². The first kappa shape index (κ1) is 9.56. The van der Waals surface area contributed by atoms with Crippen molar-refractivity contribution in [3.05, 3.63) is 0 Å². The van der Waals surface area contributed by atoms with Crippen molar-refractivity contribution in [3.8, 4) is 0 Å². The maximum Gasteiger partial charge on any atom is 0.122 e. The average molecular weight is 143 g/mol. The van der Waals surface area contributed by atoms with E-state index in [1.54, 1.807) is 0 Å². The Labute approximate surface area is 63.1 Å². The van der Waals surface area contributed by atoms with E-state index in [1.165, 1.54) is 0 Å². The summed E-state index contributed by atoms with van der Waals surface area (Å²) in [5, 5.41) is 8.06. The molecule has 0 aromatic heterocycles. The van der Waals surface area contributed by atoms with E-state index in [1.807, 2.05) is 21.0 Å². The van der Waals surface area contributed by atoms with Crippen LogP contribution < -0.4 is 0 Å². The zero-order valence-corrected chi connectivity index (χ0v) is 7.33. The molecule has 0 heterocycles. The molecule has 3 heteroatoms. The topological polar surface area (TPSA) is 28.0 Å². The smallest absolute Gasteiger partial charge is 0.122 e. The predicted molar refractivity (Wildman–Crippen MR) is 43.2 cm³/mol. The zero-order valence-electron chi connectivity index (χ0n) is 7.33. The van der Waals surface area contributed by atoms with Crippen LogP contribution in [0.1, 0.15) is 20.3 Å². The van der Waals surface area contributed by atoms with Crippen molar-refractivity contribution in [2.45, 2.75) is 26.4 Å². The fourth-order valence-corrected chi connectivity index (χ4v) is 0.726. The number of hydrogen-bond donors (Lipinski definition) is 0. The Hall–Kier alpha value is -0.440. The van der Waals surface area contributed by atoms with Crippen molar-refractivity contribution in [1.82, 2.24) is 4.90 Å². The van der Waals surface area contributed by atoms with E-state index in [4.69, 9.17) is 0 Å². The molecule has 0 rings (SSSR count). The summed E-state index contributed by atoms with van der Waals surface area (Å²) >= 11 is 0. The molecule has 0 N–H and O–H groups in total. The van der Waals surface area contributed by atoms with E-state index in [0.717, 1.165) is 13.0 Å². The first-order chi connectivity index (χ1) is 4.72. The van der Waals surface area contributed by atoms with Crippen LogP contribution in [0, 0.1) is 0 Å². The van der Waals surface area contributed by atoms with Crippen LogP contribution in [0.2, 0.25) is 0 Å². The van der Waals surface area contributed by atoms with Gasteiger partial charge in [0.05, 0.1) is 6.54 Å². The molecule has 60 valence electrons. The Kier molecular flexibility index (Phi) is 5.12. The van der Waals surface area contributed by atoms with Gasteiger partial charge in [-0.2, -0.15) is 10.2 Å². The largest absolute Gasteiger partial charge is 0.287 e. The van der Waals surface area contributed by atoms with Crippen LogP contribution in [0.5, 0.6) is 0 Å². The van der Waals surface area contributed by atoms with E-state index >= 15 is 0 Å². The lowest BCUT2D eigenvalue weighted by molar-refractivity contribution is 0.284. The maximum atomic E-state index is 4.11. The highest BCUT2D eigenvalue weighted by Crippen LogP contribution is 2.00. The molecule has 10 heavy (non-hydrogen) atoms. The molecule has 0 bridgehead atoms. The van der Waals surface area contributed by atoms with Crippen LogP contribution in [0.4, 0.5) is 0 Å². The average Bonchev–Trinajstić information content (AvgIpc) is 1.89. The zero-order chi connectivity index (χ0) is 7.98. The van der Waals surface area contributed by atoms with Gasteiger partial charge in [0.15, 0.2) is 0 Å². The fraction of sp³-hybridized carbons (Fsp3) is 1.00. The molecule has 0 saturated carbocycles. The highest BCUT2D eigenvalue weighted by Gasteiger charge is 2.04. The lowest BCUT2D eigenvalue weighted by atomic mass is 10.4.